The zero-order chi connectivity index (χ0) is 31.8. The van der Waals surface area contributed by atoms with Crippen LogP contribution >= 0.6 is 0 Å². The van der Waals surface area contributed by atoms with Gasteiger partial charge >= 0.3 is 6.01 Å². The van der Waals surface area contributed by atoms with Crippen LogP contribution in [0, 0.1) is 17.0 Å². The zero-order valence-corrected chi connectivity index (χ0v) is 25.9. The number of aryl methyl sites for hydroxylation is 1. The molecule has 5 heterocycles. The van der Waals surface area contributed by atoms with Gasteiger partial charge < -0.3 is 19.8 Å². The third kappa shape index (κ3) is 4.60. The molecule has 0 amide bonds. The first-order valence-corrected chi connectivity index (χ1v) is 16.5. The van der Waals surface area contributed by atoms with Gasteiger partial charge in [-0.2, -0.15) is 9.97 Å². The van der Waals surface area contributed by atoms with E-state index in [-0.39, 0.29) is 40.6 Å². The molecule has 1 aliphatic carbocycles. The van der Waals surface area contributed by atoms with E-state index in [0.717, 1.165) is 45.1 Å². The third-order valence-corrected chi connectivity index (χ3v) is 11.2. The van der Waals surface area contributed by atoms with Gasteiger partial charge in [-0.15, -0.1) is 0 Å². The Balaban J connectivity index is 1.27. The van der Waals surface area contributed by atoms with Crippen molar-refractivity contribution < 1.29 is 28.1 Å². The molecule has 3 aliphatic heterocycles. The molecule has 3 saturated heterocycles. The van der Waals surface area contributed by atoms with E-state index >= 15 is 4.39 Å². The van der Waals surface area contributed by atoms with E-state index in [1.807, 2.05) is 6.92 Å². The molecule has 2 N–H and O–H groups in total. The summed E-state index contributed by atoms with van der Waals surface area (Å²) in [6.07, 6.45) is 6.17. The Bertz CT molecular complexity index is 1860. The summed E-state index contributed by atoms with van der Waals surface area (Å²) >= 11 is 0. The quantitative estimate of drug-likeness (QED) is 0.264. The lowest BCUT2D eigenvalue weighted by atomic mass is 9.62. The average molecular weight is 634 g/mol. The number of benzene rings is 2. The molecule has 3 unspecified atom stereocenters. The van der Waals surface area contributed by atoms with Crippen LogP contribution in [0.25, 0.3) is 32.9 Å². The number of hydrogen-bond acceptors (Lipinski definition) is 8. The van der Waals surface area contributed by atoms with Crippen molar-refractivity contribution >= 4 is 27.5 Å². The van der Waals surface area contributed by atoms with Crippen LogP contribution in [0.3, 0.4) is 0 Å². The van der Waals surface area contributed by atoms with Gasteiger partial charge in [-0.1, -0.05) is 13.0 Å². The molecule has 11 heteroatoms. The number of halogens is 3. The zero-order valence-electron chi connectivity index (χ0n) is 25.9. The van der Waals surface area contributed by atoms with Crippen molar-refractivity contribution in [2.45, 2.75) is 76.1 Å². The highest BCUT2D eigenvalue weighted by molar-refractivity contribution is 6.01. The number of alkyl halides is 1. The van der Waals surface area contributed by atoms with Crippen LogP contribution in [-0.2, 0) is 6.42 Å². The van der Waals surface area contributed by atoms with Crippen LogP contribution < -0.4 is 9.64 Å². The number of pyridine rings is 1. The molecule has 1 saturated carbocycles. The smallest absolute Gasteiger partial charge is 0.319 e. The molecule has 4 fully saturated rings. The molecule has 4 atom stereocenters. The molecule has 4 aromatic rings. The largest absolute Gasteiger partial charge is 0.508 e. The number of aliphatic hydroxyl groups excluding tert-OH is 1. The molecule has 8 rings (SSSR count). The van der Waals surface area contributed by atoms with E-state index < -0.39 is 29.4 Å². The normalized spacial score (nSPS) is 27.9. The lowest BCUT2D eigenvalue weighted by Gasteiger charge is -2.52. The second-order valence-corrected chi connectivity index (χ2v) is 13.8. The number of nitrogens with zero attached hydrogens (tertiary/aromatic N) is 5. The first-order chi connectivity index (χ1) is 22.2. The predicted octanol–water partition coefficient (Wildman–Crippen LogP) is 6.09. The topological polar surface area (TPSA) is 94.8 Å². The van der Waals surface area contributed by atoms with Crippen LogP contribution in [0.15, 0.2) is 30.5 Å². The number of hydrogen-bond donors (Lipinski definition) is 2. The highest BCUT2D eigenvalue weighted by atomic mass is 19.1. The molecule has 46 heavy (non-hydrogen) atoms. The van der Waals surface area contributed by atoms with Gasteiger partial charge in [0.1, 0.15) is 41.4 Å². The third-order valence-electron chi connectivity index (χ3n) is 11.2. The second kappa shape index (κ2) is 10.9. The van der Waals surface area contributed by atoms with Crippen molar-refractivity contribution in [3.8, 4) is 23.0 Å². The molecule has 242 valence electrons. The highest BCUT2D eigenvalue weighted by Gasteiger charge is 2.50. The van der Waals surface area contributed by atoms with E-state index in [2.05, 4.69) is 19.8 Å². The van der Waals surface area contributed by atoms with E-state index in [0.29, 0.717) is 60.0 Å². The summed E-state index contributed by atoms with van der Waals surface area (Å²) in [5.74, 6) is -0.758. The number of phenols is 1. The van der Waals surface area contributed by atoms with Crippen molar-refractivity contribution in [3.05, 3.63) is 47.7 Å². The number of anilines is 1. The number of rotatable bonds is 6. The maximum atomic E-state index is 16.9. The molecule has 2 aromatic heterocycles. The predicted molar refractivity (Wildman–Crippen MR) is 169 cm³/mol. The minimum atomic E-state index is -0.920. The molecule has 2 aromatic carbocycles. The summed E-state index contributed by atoms with van der Waals surface area (Å²) in [5.41, 5.74) is -0.0602. The van der Waals surface area contributed by atoms with Crippen LogP contribution in [0.4, 0.5) is 19.0 Å². The fourth-order valence-corrected chi connectivity index (χ4v) is 8.69. The number of aromatic hydroxyl groups is 1. The minimum Gasteiger partial charge on any atom is -0.508 e. The van der Waals surface area contributed by atoms with Gasteiger partial charge in [0.05, 0.1) is 17.0 Å². The lowest BCUT2D eigenvalue weighted by molar-refractivity contribution is -0.0719. The number of aromatic nitrogens is 3. The maximum absolute atomic E-state index is 16.9. The van der Waals surface area contributed by atoms with Gasteiger partial charge in [-0.3, -0.25) is 9.88 Å². The Hall–Kier alpha value is -3.70. The number of ether oxygens (including phenoxy) is 1. The van der Waals surface area contributed by atoms with Crippen molar-refractivity contribution in [1.82, 2.24) is 19.9 Å². The Labute approximate surface area is 265 Å². The summed E-state index contributed by atoms with van der Waals surface area (Å²) in [6.45, 7) is 4.45. The van der Waals surface area contributed by atoms with Gasteiger partial charge in [0.25, 0.3) is 0 Å². The summed E-state index contributed by atoms with van der Waals surface area (Å²) in [5, 5.41) is 22.7. The van der Waals surface area contributed by atoms with Crippen molar-refractivity contribution in [1.29, 1.82) is 0 Å². The second-order valence-electron chi connectivity index (χ2n) is 13.8. The van der Waals surface area contributed by atoms with Crippen LogP contribution in [0.1, 0.15) is 57.4 Å². The average Bonchev–Trinajstić information content (AvgIpc) is 3.58. The van der Waals surface area contributed by atoms with Gasteiger partial charge in [-0.25, -0.2) is 13.2 Å². The van der Waals surface area contributed by atoms with Crippen molar-refractivity contribution in [3.63, 3.8) is 0 Å². The molecule has 0 radical (unpaired) electrons. The van der Waals surface area contributed by atoms with E-state index in [1.54, 1.807) is 6.07 Å². The van der Waals surface area contributed by atoms with E-state index in [4.69, 9.17) is 9.72 Å². The summed E-state index contributed by atoms with van der Waals surface area (Å²) in [6, 6.07) is 5.85. The Morgan fingerprint density at radius 3 is 2.72 bits per heavy atom. The van der Waals surface area contributed by atoms with Crippen LogP contribution in [0.2, 0.25) is 0 Å². The molecule has 0 bridgehead atoms. The molecular weight excluding hydrogens is 595 g/mol. The molecule has 4 aliphatic rings. The number of aliphatic hydroxyl groups is 1. The fourth-order valence-electron chi connectivity index (χ4n) is 8.69. The number of piperidine rings is 1. The highest BCUT2D eigenvalue weighted by Crippen LogP contribution is 2.49. The lowest BCUT2D eigenvalue weighted by Crippen LogP contribution is -2.55. The summed E-state index contributed by atoms with van der Waals surface area (Å²) in [7, 11) is 0. The molecule has 1 spiro atoms. The molecular formula is C35H38F3N5O3. The Morgan fingerprint density at radius 2 is 1.93 bits per heavy atom. The van der Waals surface area contributed by atoms with Crippen LogP contribution in [0.5, 0.6) is 11.8 Å². The first kappa shape index (κ1) is 29.7. The van der Waals surface area contributed by atoms with E-state index in [9.17, 15) is 19.0 Å². The van der Waals surface area contributed by atoms with Crippen LogP contribution in [-0.4, -0.2) is 80.7 Å². The SMILES string of the molecule is CCc1c(F)ccc2cc(O)cc(-c3ncc4c(N5CCCC6(CCC6O)C5)nc(OCC56CCCN5C[C@H](F)C6)nc4c3F)c12. The first-order valence-electron chi connectivity index (χ1n) is 16.5. The van der Waals surface area contributed by atoms with Gasteiger partial charge in [0, 0.05) is 43.2 Å². The monoisotopic (exact) mass is 633 g/mol. The van der Waals surface area contributed by atoms with Gasteiger partial charge in [0.2, 0.25) is 0 Å². The molecule has 8 nitrogen and oxygen atoms in total. The summed E-state index contributed by atoms with van der Waals surface area (Å²) < 4.78 is 52.6. The number of phenolic OH excluding ortho intramolecular Hbond substituents is 1. The Kier molecular flexibility index (Phi) is 7.06. The van der Waals surface area contributed by atoms with Gasteiger partial charge in [0.15, 0.2) is 5.82 Å². The number of fused-ring (bicyclic) bond motifs is 3. The standard InChI is InChI=1S/C35H38F3N5O3/c1-2-23-26(37)6-5-20-13-22(44)14-24(28(20)23)30-29(38)31-25(16-39-30)32(42-11-3-8-34(18-42)10-7-27(34)45)41-33(40-31)46-19-35-9-4-12-43(35)17-21(36)15-35/h5-6,13-14,16,21,27,44-45H,2-4,7-12,15,17-19H2,1H3/t21-,27?,34?,35?/m1/s1. The van der Waals surface area contributed by atoms with E-state index in [1.165, 1.54) is 24.4 Å². The fraction of sp³-hybridized carbons (Fsp3) is 0.514. The van der Waals surface area contributed by atoms with Gasteiger partial charge in [-0.05, 0) is 86.0 Å². The van der Waals surface area contributed by atoms with Crippen molar-refractivity contribution in [2.75, 3.05) is 37.7 Å². The minimum absolute atomic E-state index is 0.000272. The maximum Gasteiger partial charge on any atom is 0.319 e. The Morgan fingerprint density at radius 1 is 1.09 bits per heavy atom. The van der Waals surface area contributed by atoms with Crippen molar-refractivity contribution in [2.24, 2.45) is 5.41 Å². The summed E-state index contributed by atoms with van der Waals surface area (Å²) in [4.78, 5) is 18.2.